The summed E-state index contributed by atoms with van der Waals surface area (Å²) >= 11 is 0. The van der Waals surface area contributed by atoms with E-state index in [-0.39, 0.29) is 17.6 Å². The molecule has 1 fully saturated rings. The van der Waals surface area contributed by atoms with Gasteiger partial charge in [0.2, 0.25) is 5.91 Å². The second kappa shape index (κ2) is 4.79. The molecule has 1 aromatic rings. The lowest BCUT2D eigenvalue weighted by molar-refractivity contribution is -0.127. The minimum atomic E-state index is -0.0297. The van der Waals surface area contributed by atoms with Crippen LogP contribution in [0.3, 0.4) is 0 Å². The maximum atomic E-state index is 11.4. The fourth-order valence-corrected chi connectivity index (χ4v) is 1.52. The molecule has 1 saturated carbocycles. The van der Waals surface area contributed by atoms with Gasteiger partial charge in [0.25, 0.3) is 0 Å². The summed E-state index contributed by atoms with van der Waals surface area (Å²) in [6, 6.07) is 6.85. The summed E-state index contributed by atoms with van der Waals surface area (Å²) < 4.78 is 0. The maximum absolute atomic E-state index is 11.4. The van der Waals surface area contributed by atoms with E-state index in [0.29, 0.717) is 5.56 Å². The summed E-state index contributed by atoms with van der Waals surface area (Å²) in [6.45, 7) is 0. The molecule has 84 valence electrons. The van der Waals surface area contributed by atoms with Crippen molar-refractivity contribution in [2.24, 2.45) is 11.0 Å². The van der Waals surface area contributed by atoms with E-state index in [4.69, 9.17) is 0 Å². The van der Waals surface area contributed by atoms with Crippen molar-refractivity contribution in [1.82, 2.24) is 5.43 Å². The van der Waals surface area contributed by atoms with Gasteiger partial charge in [-0.1, -0.05) is 18.6 Å². The third-order valence-corrected chi connectivity index (χ3v) is 2.79. The number of benzene rings is 1. The minimum Gasteiger partial charge on any atom is -0.507 e. The van der Waals surface area contributed by atoms with Crippen molar-refractivity contribution in [2.75, 3.05) is 0 Å². The number of rotatable bonds is 3. The third kappa shape index (κ3) is 2.39. The van der Waals surface area contributed by atoms with E-state index in [9.17, 15) is 9.90 Å². The first-order valence-electron chi connectivity index (χ1n) is 5.38. The van der Waals surface area contributed by atoms with Crippen LogP contribution in [0, 0.1) is 5.92 Å². The Morgan fingerprint density at radius 1 is 1.44 bits per heavy atom. The van der Waals surface area contributed by atoms with Crippen molar-refractivity contribution in [1.29, 1.82) is 0 Å². The van der Waals surface area contributed by atoms with Gasteiger partial charge in [-0.05, 0) is 25.0 Å². The minimum absolute atomic E-state index is 0.0297. The molecule has 16 heavy (non-hydrogen) atoms. The van der Waals surface area contributed by atoms with Crippen molar-refractivity contribution in [2.45, 2.75) is 19.3 Å². The van der Waals surface area contributed by atoms with E-state index in [0.717, 1.165) is 19.3 Å². The Balaban J connectivity index is 1.89. The van der Waals surface area contributed by atoms with Crippen LogP contribution in [-0.2, 0) is 4.79 Å². The molecule has 0 radical (unpaired) electrons. The van der Waals surface area contributed by atoms with Gasteiger partial charge < -0.3 is 5.11 Å². The van der Waals surface area contributed by atoms with Gasteiger partial charge in [0.05, 0.1) is 6.21 Å². The number of aromatic hydroxyl groups is 1. The predicted octanol–water partition coefficient (Wildman–Crippen LogP) is 1.64. The molecule has 0 atom stereocenters. The molecule has 0 saturated heterocycles. The number of carbonyl (C=O) groups is 1. The Labute approximate surface area is 94.0 Å². The van der Waals surface area contributed by atoms with Crippen LogP contribution in [0.5, 0.6) is 5.75 Å². The Kier molecular flexibility index (Phi) is 3.19. The van der Waals surface area contributed by atoms with Gasteiger partial charge >= 0.3 is 0 Å². The van der Waals surface area contributed by atoms with Crippen LogP contribution in [0.1, 0.15) is 24.8 Å². The number of phenols is 1. The van der Waals surface area contributed by atoms with Crippen molar-refractivity contribution >= 4 is 12.1 Å². The Morgan fingerprint density at radius 2 is 2.19 bits per heavy atom. The summed E-state index contributed by atoms with van der Waals surface area (Å²) in [5.41, 5.74) is 3.07. The van der Waals surface area contributed by atoms with Crippen LogP contribution < -0.4 is 5.43 Å². The van der Waals surface area contributed by atoms with Crippen LogP contribution in [-0.4, -0.2) is 17.2 Å². The molecule has 0 unspecified atom stereocenters. The van der Waals surface area contributed by atoms with Crippen molar-refractivity contribution < 1.29 is 9.90 Å². The first-order valence-corrected chi connectivity index (χ1v) is 5.38. The Morgan fingerprint density at radius 3 is 2.81 bits per heavy atom. The molecule has 0 aliphatic heterocycles. The summed E-state index contributed by atoms with van der Waals surface area (Å²) in [5, 5.41) is 13.3. The SMILES string of the molecule is O=C(NN=Cc1ccccc1O)C1CCC1. The number of carbonyl (C=O) groups excluding carboxylic acids is 1. The highest BCUT2D eigenvalue weighted by Crippen LogP contribution is 2.26. The van der Waals surface area contributed by atoms with Gasteiger partial charge in [0.1, 0.15) is 5.75 Å². The largest absolute Gasteiger partial charge is 0.507 e. The van der Waals surface area contributed by atoms with Gasteiger partial charge in [-0.25, -0.2) is 5.43 Å². The molecular formula is C12H14N2O2. The van der Waals surface area contributed by atoms with E-state index >= 15 is 0 Å². The molecule has 1 aromatic carbocycles. The number of nitrogens with one attached hydrogen (secondary N) is 1. The smallest absolute Gasteiger partial charge is 0.243 e. The van der Waals surface area contributed by atoms with Gasteiger partial charge in [-0.3, -0.25) is 4.79 Å². The highest BCUT2D eigenvalue weighted by Gasteiger charge is 2.24. The number of hydrazone groups is 1. The highest BCUT2D eigenvalue weighted by atomic mass is 16.3. The maximum Gasteiger partial charge on any atom is 0.243 e. The second-order valence-corrected chi connectivity index (χ2v) is 3.92. The number of hydrogen-bond donors (Lipinski definition) is 2. The quantitative estimate of drug-likeness (QED) is 0.598. The topological polar surface area (TPSA) is 61.7 Å². The number of para-hydroxylation sites is 1. The zero-order valence-electron chi connectivity index (χ0n) is 8.89. The average molecular weight is 218 g/mol. The van der Waals surface area contributed by atoms with E-state index in [1.807, 2.05) is 0 Å². The Bertz CT molecular complexity index is 411. The molecule has 4 heteroatoms. The molecule has 2 rings (SSSR count). The predicted molar refractivity (Wildman–Crippen MR) is 61.2 cm³/mol. The van der Waals surface area contributed by atoms with E-state index in [2.05, 4.69) is 10.5 Å². The van der Waals surface area contributed by atoms with Crippen LogP contribution in [0.25, 0.3) is 0 Å². The zero-order valence-corrected chi connectivity index (χ0v) is 8.89. The summed E-state index contributed by atoms with van der Waals surface area (Å²) in [4.78, 5) is 11.4. The average Bonchev–Trinajstić information content (AvgIpc) is 2.18. The molecule has 0 spiro atoms. The lowest BCUT2D eigenvalue weighted by Crippen LogP contribution is -2.31. The standard InChI is InChI=1S/C12H14N2O2/c15-11-7-2-1-4-10(11)8-13-14-12(16)9-5-3-6-9/h1-2,4,7-9,15H,3,5-6H2,(H,14,16). The summed E-state index contributed by atoms with van der Waals surface area (Å²) in [6.07, 6.45) is 4.49. The molecule has 1 aliphatic rings. The normalized spacial score (nSPS) is 16.0. The Hall–Kier alpha value is -1.84. The van der Waals surface area contributed by atoms with Crippen LogP contribution in [0.15, 0.2) is 29.4 Å². The van der Waals surface area contributed by atoms with Crippen LogP contribution in [0.4, 0.5) is 0 Å². The van der Waals surface area contributed by atoms with Gasteiger partial charge in [-0.2, -0.15) is 5.10 Å². The second-order valence-electron chi connectivity index (χ2n) is 3.92. The fraction of sp³-hybridized carbons (Fsp3) is 0.333. The summed E-state index contributed by atoms with van der Waals surface area (Å²) in [5.74, 6) is 0.253. The summed E-state index contributed by atoms with van der Waals surface area (Å²) in [7, 11) is 0. The highest BCUT2D eigenvalue weighted by molar-refractivity contribution is 5.85. The van der Waals surface area contributed by atoms with Crippen LogP contribution >= 0.6 is 0 Å². The molecule has 2 N–H and O–H groups in total. The monoisotopic (exact) mass is 218 g/mol. The molecule has 0 heterocycles. The van der Waals surface area contributed by atoms with Crippen molar-refractivity contribution in [3.8, 4) is 5.75 Å². The number of amides is 1. The molecule has 1 aliphatic carbocycles. The van der Waals surface area contributed by atoms with Crippen molar-refractivity contribution in [3.05, 3.63) is 29.8 Å². The van der Waals surface area contributed by atoms with E-state index in [1.165, 1.54) is 6.21 Å². The zero-order chi connectivity index (χ0) is 11.4. The lowest BCUT2D eigenvalue weighted by Gasteiger charge is -2.22. The van der Waals surface area contributed by atoms with Crippen LogP contribution in [0.2, 0.25) is 0 Å². The molecule has 4 nitrogen and oxygen atoms in total. The molecule has 1 amide bonds. The number of nitrogens with zero attached hydrogens (tertiary/aromatic N) is 1. The molecule has 0 bridgehead atoms. The third-order valence-electron chi connectivity index (χ3n) is 2.79. The number of phenolic OH excluding ortho intramolecular Hbond substituents is 1. The fourth-order valence-electron chi connectivity index (χ4n) is 1.52. The molecule has 0 aromatic heterocycles. The van der Waals surface area contributed by atoms with Gasteiger partial charge in [0, 0.05) is 11.5 Å². The van der Waals surface area contributed by atoms with Gasteiger partial charge in [0.15, 0.2) is 0 Å². The number of hydrogen-bond acceptors (Lipinski definition) is 3. The molecular weight excluding hydrogens is 204 g/mol. The van der Waals surface area contributed by atoms with Crippen molar-refractivity contribution in [3.63, 3.8) is 0 Å². The first kappa shape index (κ1) is 10.7. The van der Waals surface area contributed by atoms with E-state index in [1.54, 1.807) is 24.3 Å². The van der Waals surface area contributed by atoms with E-state index < -0.39 is 0 Å². The lowest BCUT2D eigenvalue weighted by atomic mass is 9.85. The van der Waals surface area contributed by atoms with Gasteiger partial charge in [-0.15, -0.1) is 0 Å². The first-order chi connectivity index (χ1) is 7.77.